The largest absolute Gasteiger partial charge is 0.298 e. The van der Waals surface area contributed by atoms with Crippen LogP contribution in [0.5, 0.6) is 0 Å². The molecule has 23 heavy (non-hydrogen) atoms. The third-order valence-electron chi connectivity index (χ3n) is 3.49. The predicted octanol–water partition coefficient (Wildman–Crippen LogP) is 4.75. The molecule has 1 amide bonds. The lowest BCUT2D eigenvalue weighted by Gasteiger charge is -2.01. The molecule has 0 aliphatic carbocycles. The molecule has 0 unspecified atom stereocenters. The lowest BCUT2D eigenvalue weighted by atomic mass is 10.1. The van der Waals surface area contributed by atoms with E-state index in [9.17, 15) is 4.79 Å². The lowest BCUT2D eigenvalue weighted by molar-refractivity contribution is 0.102. The van der Waals surface area contributed by atoms with Gasteiger partial charge >= 0.3 is 0 Å². The number of nitrogens with one attached hydrogen (secondary N) is 1. The Morgan fingerprint density at radius 3 is 2.87 bits per heavy atom. The SMILES string of the molecule is O=C(Nc1nc2c(ccc3ccccc32)s1)c1ccnc(Cl)c1. The summed E-state index contributed by atoms with van der Waals surface area (Å²) in [6.07, 6.45) is 1.50. The van der Waals surface area contributed by atoms with E-state index in [0.29, 0.717) is 10.7 Å². The molecule has 0 saturated carbocycles. The van der Waals surface area contributed by atoms with Gasteiger partial charge in [0, 0.05) is 17.1 Å². The van der Waals surface area contributed by atoms with Crippen molar-refractivity contribution >= 4 is 55.0 Å². The van der Waals surface area contributed by atoms with E-state index in [-0.39, 0.29) is 11.1 Å². The molecule has 0 saturated heterocycles. The number of carbonyl (C=O) groups is 1. The van der Waals surface area contributed by atoms with Crippen LogP contribution in [0, 0.1) is 0 Å². The van der Waals surface area contributed by atoms with Crippen LogP contribution >= 0.6 is 22.9 Å². The van der Waals surface area contributed by atoms with Crippen LogP contribution in [0.4, 0.5) is 5.13 Å². The number of aromatic nitrogens is 2. The van der Waals surface area contributed by atoms with Crippen LogP contribution in [0.1, 0.15) is 10.4 Å². The minimum absolute atomic E-state index is 0.252. The molecule has 4 rings (SSSR count). The summed E-state index contributed by atoms with van der Waals surface area (Å²) in [7, 11) is 0. The van der Waals surface area contributed by atoms with Gasteiger partial charge in [-0.1, -0.05) is 53.3 Å². The Morgan fingerprint density at radius 1 is 1.13 bits per heavy atom. The van der Waals surface area contributed by atoms with Gasteiger partial charge in [-0.05, 0) is 23.6 Å². The number of benzene rings is 2. The molecule has 0 atom stereocenters. The second-order valence-electron chi connectivity index (χ2n) is 4.97. The number of fused-ring (bicyclic) bond motifs is 3. The van der Waals surface area contributed by atoms with Gasteiger partial charge in [0.15, 0.2) is 5.13 Å². The van der Waals surface area contributed by atoms with Gasteiger partial charge in [-0.15, -0.1) is 0 Å². The molecule has 0 fully saturated rings. The van der Waals surface area contributed by atoms with E-state index in [0.717, 1.165) is 21.0 Å². The fraction of sp³-hybridized carbons (Fsp3) is 0. The maximum atomic E-state index is 12.3. The Morgan fingerprint density at radius 2 is 2.00 bits per heavy atom. The van der Waals surface area contributed by atoms with Crippen molar-refractivity contribution < 1.29 is 4.79 Å². The standard InChI is InChI=1S/C17H10ClN3OS/c18-14-9-11(7-8-19-14)16(22)21-17-20-15-12-4-2-1-3-10(12)5-6-13(15)23-17/h1-9H,(H,20,21,22). The quantitative estimate of drug-likeness (QED) is 0.536. The van der Waals surface area contributed by atoms with Gasteiger partial charge in [-0.3, -0.25) is 10.1 Å². The predicted molar refractivity (Wildman–Crippen MR) is 94.3 cm³/mol. The van der Waals surface area contributed by atoms with Crippen molar-refractivity contribution in [1.82, 2.24) is 9.97 Å². The summed E-state index contributed by atoms with van der Waals surface area (Å²) in [6, 6.07) is 15.3. The fourth-order valence-corrected chi connectivity index (χ4v) is 3.48. The molecule has 0 bridgehead atoms. The molecule has 112 valence electrons. The number of halogens is 1. The molecule has 0 spiro atoms. The topological polar surface area (TPSA) is 54.9 Å². The van der Waals surface area contributed by atoms with E-state index in [4.69, 9.17) is 11.6 Å². The highest BCUT2D eigenvalue weighted by Gasteiger charge is 2.12. The monoisotopic (exact) mass is 339 g/mol. The van der Waals surface area contributed by atoms with Gasteiger partial charge < -0.3 is 0 Å². The molecule has 0 aliphatic rings. The summed E-state index contributed by atoms with van der Waals surface area (Å²) >= 11 is 7.26. The number of hydrogen-bond donors (Lipinski definition) is 1. The second kappa shape index (κ2) is 5.61. The van der Waals surface area contributed by atoms with E-state index in [1.165, 1.54) is 23.6 Å². The zero-order valence-electron chi connectivity index (χ0n) is 11.8. The molecule has 4 aromatic rings. The minimum Gasteiger partial charge on any atom is -0.298 e. The molecule has 2 heterocycles. The normalized spacial score (nSPS) is 11.0. The third kappa shape index (κ3) is 2.65. The van der Waals surface area contributed by atoms with E-state index >= 15 is 0 Å². The third-order valence-corrected chi connectivity index (χ3v) is 4.64. The molecule has 1 N–H and O–H groups in total. The molecule has 6 heteroatoms. The highest BCUT2D eigenvalue weighted by Crippen LogP contribution is 2.31. The maximum absolute atomic E-state index is 12.3. The highest BCUT2D eigenvalue weighted by atomic mass is 35.5. The van der Waals surface area contributed by atoms with Crippen molar-refractivity contribution in [3.63, 3.8) is 0 Å². The van der Waals surface area contributed by atoms with Crippen molar-refractivity contribution in [2.75, 3.05) is 5.32 Å². The first-order valence-corrected chi connectivity index (χ1v) is 8.11. The highest BCUT2D eigenvalue weighted by molar-refractivity contribution is 7.22. The Hall–Kier alpha value is -2.50. The zero-order valence-corrected chi connectivity index (χ0v) is 13.4. The molecule has 2 aromatic heterocycles. The van der Waals surface area contributed by atoms with Crippen LogP contribution in [0.25, 0.3) is 21.0 Å². The molecule has 0 aliphatic heterocycles. The van der Waals surface area contributed by atoms with E-state index in [1.54, 1.807) is 6.07 Å². The smallest absolute Gasteiger partial charge is 0.257 e. The minimum atomic E-state index is -0.252. The van der Waals surface area contributed by atoms with E-state index in [1.807, 2.05) is 30.3 Å². The molecule has 4 nitrogen and oxygen atoms in total. The number of anilines is 1. The summed E-state index contributed by atoms with van der Waals surface area (Å²) in [5, 5.41) is 5.88. The van der Waals surface area contributed by atoms with Gasteiger partial charge in [0.05, 0.1) is 10.2 Å². The van der Waals surface area contributed by atoms with Crippen LogP contribution in [-0.2, 0) is 0 Å². The number of rotatable bonds is 2. The van der Waals surface area contributed by atoms with Crippen molar-refractivity contribution in [2.24, 2.45) is 0 Å². The van der Waals surface area contributed by atoms with Crippen LogP contribution < -0.4 is 5.32 Å². The van der Waals surface area contributed by atoms with Crippen molar-refractivity contribution in [2.45, 2.75) is 0 Å². The number of nitrogens with zero attached hydrogens (tertiary/aromatic N) is 2. The summed E-state index contributed by atoms with van der Waals surface area (Å²) < 4.78 is 1.03. The molecule has 2 aromatic carbocycles. The van der Waals surface area contributed by atoms with Crippen LogP contribution in [0.2, 0.25) is 5.15 Å². The van der Waals surface area contributed by atoms with Crippen molar-refractivity contribution in [3.8, 4) is 0 Å². The maximum Gasteiger partial charge on any atom is 0.257 e. The Kier molecular flexibility index (Phi) is 3.44. The summed E-state index contributed by atoms with van der Waals surface area (Å²) in [5.41, 5.74) is 1.35. The first-order valence-electron chi connectivity index (χ1n) is 6.92. The lowest BCUT2D eigenvalue weighted by Crippen LogP contribution is -2.11. The molecular weight excluding hydrogens is 330 g/mol. The number of hydrogen-bond acceptors (Lipinski definition) is 4. The van der Waals surface area contributed by atoms with Crippen LogP contribution in [0.15, 0.2) is 54.7 Å². The average Bonchev–Trinajstić information content (AvgIpc) is 2.97. The van der Waals surface area contributed by atoms with Crippen molar-refractivity contribution in [1.29, 1.82) is 0 Å². The fourth-order valence-electron chi connectivity index (χ4n) is 2.43. The van der Waals surface area contributed by atoms with Crippen molar-refractivity contribution in [3.05, 3.63) is 65.4 Å². The second-order valence-corrected chi connectivity index (χ2v) is 6.39. The Balaban J connectivity index is 1.72. The van der Waals surface area contributed by atoms with Gasteiger partial charge in [0.2, 0.25) is 0 Å². The van der Waals surface area contributed by atoms with Crippen LogP contribution in [0.3, 0.4) is 0 Å². The van der Waals surface area contributed by atoms with Crippen LogP contribution in [-0.4, -0.2) is 15.9 Å². The Labute approximate surface area is 140 Å². The number of pyridine rings is 1. The van der Waals surface area contributed by atoms with Gasteiger partial charge in [-0.2, -0.15) is 0 Å². The van der Waals surface area contributed by atoms with Gasteiger partial charge in [0.25, 0.3) is 5.91 Å². The number of thiazole rings is 1. The molecular formula is C17H10ClN3OS. The Bertz CT molecular complexity index is 1040. The average molecular weight is 340 g/mol. The first kappa shape index (κ1) is 14.1. The summed E-state index contributed by atoms with van der Waals surface area (Å²) in [5.74, 6) is -0.252. The summed E-state index contributed by atoms with van der Waals surface area (Å²) in [4.78, 5) is 20.7. The first-order chi connectivity index (χ1) is 11.2. The summed E-state index contributed by atoms with van der Waals surface area (Å²) in [6.45, 7) is 0. The molecule has 0 radical (unpaired) electrons. The van der Waals surface area contributed by atoms with Gasteiger partial charge in [-0.25, -0.2) is 9.97 Å². The van der Waals surface area contributed by atoms with E-state index in [2.05, 4.69) is 21.4 Å². The number of carbonyl (C=O) groups excluding carboxylic acids is 1. The van der Waals surface area contributed by atoms with E-state index < -0.39 is 0 Å². The van der Waals surface area contributed by atoms with Gasteiger partial charge in [0.1, 0.15) is 5.15 Å². The zero-order chi connectivity index (χ0) is 15.8. The number of amides is 1.